The minimum absolute atomic E-state index is 0.0521. The molecule has 2 fully saturated rings. The molecule has 0 spiro atoms. The van der Waals surface area contributed by atoms with Crippen LogP contribution in [0.5, 0.6) is 0 Å². The maximum atomic E-state index is 12.7. The molecular weight excluding hydrogens is 268 g/mol. The predicted octanol–water partition coefficient (Wildman–Crippen LogP) is 2.13. The fourth-order valence-corrected chi connectivity index (χ4v) is 3.81. The minimum Gasteiger partial charge on any atom is -0.481 e. The van der Waals surface area contributed by atoms with E-state index in [9.17, 15) is 9.59 Å². The number of carboxylic acid groups (broad SMARTS) is 1. The van der Waals surface area contributed by atoms with Crippen LogP contribution >= 0.6 is 0 Å². The molecule has 2 aliphatic rings. The Morgan fingerprint density at radius 3 is 2.24 bits per heavy atom. The molecule has 2 heterocycles. The first kappa shape index (κ1) is 13.9. The van der Waals surface area contributed by atoms with Gasteiger partial charge < -0.3 is 15.7 Å². The lowest BCUT2D eigenvalue weighted by Gasteiger charge is -2.38. The number of carbonyl (C=O) groups is 2. The lowest BCUT2D eigenvalue weighted by molar-refractivity contribution is -0.138. The van der Waals surface area contributed by atoms with Gasteiger partial charge in [0.2, 0.25) is 0 Å². The molecule has 2 aliphatic heterocycles. The highest BCUT2D eigenvalue weighted by atomic mass is 16.4. The molecule has 21 heavy (non-hydrogen) atoms. The third kappa shape index (κ3) is 2.73. The zero-order valence-electron chi connectivity index (χ0n) is 11.9. The van der Waals surface area contributed by atoms with Crippen molar-refractivity contribution in [1.82, 2.24) is 4.90 Å². The van der Waals surface area contributed by atoms with Crippen molar-refractivity contribution < 1.29 is 14.7 Å². The molecule has 0 radical (unpaired) electrons. The Balaban J connectivity index is 1.74. The van der Waals surface area contributed by atoms with Gasteiger partial charge in [-0.3, -0.25) is 9.59 Å². The molecule has 1 amide bonds. The number of benzene rings is 1. The topological polar surface area (TPSA) is 83.6 Å². The Bertz CT molecular complexity index is 541. The number of anilines is 1. The zero-order chi connectivity index (χ0) is 15.0. The lowest BCUT2D eigenvalue weighted by atomic mass is 9.88. The highest BCUT2D eigenvalue weighted by Gasteiger charge is 2.43. The van der Waals surface area contributed by atoms with E-state index in [4.69, 9.17) is 10.8 Å². The number of rotatable bonds is 3. The van der Waals surface area contributed by atoms with Gasteiger partial charge in [-0.05, 0) is 55.9 Å². The smallest absolute Gasteiger partial charge is 0.303 e. The van der Waals surface area contributed by atoms with Crippen LogP contribution in [0.4, 0.5) is 5.69 Å². The number of carboxylic acids is 1. The molecule has 2 atom stereocenters. The summed E-state index contributed by atoms with van der Waals surface area (Å²) in [4.78, 5) is 25.5. The van der Waals surface area contributed by atoms with E-state index in [1.807, 2.05) is 4.90 Å². The maximum absolute atomic E-state index is 12.7. The van der Waals surface area contributed by atoms with Crippen molar-refractivity contribution in [3.8, 4) is 0 Å². The van der Waals surface area contributed by atoms with Crippen LogP contribution in [0.2, 0.25) is 0 Å². The summed E-state index contributed by atoms with van der Waals surface area (Å²) in [5, 5.41) is 8.95. The summed E-state index contributed by atoms with van der Waals surface area (Å²) in [5.41, 5.74) is 6.97. The van der Waals surface area contributed by atoms with Crippen LogP contribution in [0.3, 0.4) is 0 Å². The van der Waals surface area contributed by atoms with E-state index >= 15 is 0 Å². The van der Waals surface area contributed by atoms with E-state index < -0.39 is 5.97 Å². The van der Waals surface area contributed by atoms with Gasteiger partial charge in [0, 0.05) is 29.8 Å². The van der Waals surface area contributed by atoms with Gasteiger partial charge in [0.15, 0.2) is 0 Å². The number of hydrogen-bond donors (Lipinski definition) is 2. The molecule has 112 valence electrons. The van der Waals surface area contributed by atoms with Crippen molar-refractivity contribution in [2.24, 2.45) is 5.92 Å². The molecule has 3 N–H and O–H groups in total. The first-order valence-corrected chi connectivity index (χ1v) is 7.44. The highest BCUT2D eigenvalue weighted by molar-refractivity contribution is 5.95. The number of nitrogens with two attached hydrogens (primary N) is 1. The Morgan fingerprint density at radius 1 is 1.14 bits per heavy atom. The van der Waals surface area contributed by atoms with E-state index in [0.29, 0.717) is 11.3 Å². The van der Waals surface area contributed by atoms with Crippen molar-refractivity contribution in [2.75, 3.05) is 5.73 Å². The van der Waals surface area contributed by atoms with Crippen molar-refractivity contribution in [3.63, 3.8) is 0 Å². The summed E-state index contributed by atoms with van der Waals surface area (Å²) in [6, 6.07) is 7.40. The number of amides is 1. The van der Waals surface area contributed by atoms with Gasteiger partial charge >= 0.3 is 5.97 Å². The van der Waals surface area contributed by atoms with Crippen LogP contribution in [-0.2, 0) is 4.79 Å². The Kier molecular flexibility index (Phi) is 3.57. The lowest BCUT2D eigenvalue weighted by Crippen LogP contribution is -2.46. The van der Waals surface area contributed by atoms with Gasteiger partial charge in [0.05, 0.1) is 0 Å². The molecule has 0 saturated carbocycles. The molecule has 1 aromatic rings. The molecule has 1 aromatic carbocycles. The summed E-state index contributed by atoms with van der Waals surface area (Å²) < 4.78 is 0. The van der Waals surface area contributed by atoms with E-state index in [0.717, 1.165) is 25.7 Å². The number of hydrogen-bond acceptors (Lipinski definition) is 3. The van der Waals surface area contributed by atoms with Crippen molar-refractivity contribution in [2.45, 2.75) is 44.2 Å². The molecule has 5 heteroatoms. The second-order valence-electron chi connectivity index (χ2n) is 6.15. The standard InChI is InChI=1S/C16H20N2O3/c17-12-3-1-11(2-4-12)16(21)18-13-5-6-14(18)8-10(7-13)9-15(19)20/h1-4,10,13-14H,5-9,17H2,(H,19,20). The molecular formula is C16H20N2O3. The average Bonchev–Trinajstić information content (AvgIpc) is 2.70. The summed E-state index contributed by atoms with van der Waals surface area (Å²) in [6.07, 6.45) is 3.81. The molecule has 0 aromatic heterocycles. The highest BCUT2D eigenvalue weighted by Crippen LogP contribution is 2.40. The van der Waals surface area contributed by atoms with Gasteiger partial charge in [-0.15, -0.1) is 0 Å². The average molecular weight is 288 g/mol. The largest absolute Gasteiger partial charge is 0.481 e. The summed E-state index contributed by atoms with van der Waals surface area (Å²) in [7, 11) is 0. The van der Waals surface area contributed by atoms with Gasteiger partial charge in [0.25, 0.3) is 5.91 Å². The second kappa shape index (κ2) is 5.39. The van der Waals surface area contributed by atoms with E-state index in [2.05, 4.69) is 0 Å². The number of nitrogen functional groups attached to an aromatic ring is 1. The Morgan fingerprint density at radius 2 is 1.71 bits per heavy atom. The quantitative estimate of drug-likeness (QED) is 0.835. The molecule has 0 aliphatic carbocycles. The summed E-state index contributed by atoms with van der Waals surface area (Å²) in [5.74, 6) is -0.482. The number of piperidine rings is 1. The van der Waals surface area contributed by atoms with Crippen molar-refractivity contribution in [3.05, 3.63) is 29.8 Å². The SMILES string of the molecule is Nc1ccc(C(=O)N2C3CCC2CC(CC(=O)O)C3)cc1. The summed E-state index contributed by atoms with van der Waals surface area (Å²) in [6.45, 7) is 0. The fourth-order valence-electron chi connectivity index (χ4n) is 3.81. The Hall–Kier alpha value is -2.04. The van der Waals surface area contributed by atoms with Gasteiger partial charge in [0.1, 0.15) is 0 Å². The fraction of sp³-hybridized carbons (Fsp3) is 0.500. The van der Waals surface area contributed by atoms with E-state index in [1.165, 1.54) is 0 Å². The van der Waals surface area contributed by atoms with Crippen LogP contribution in [0.25, 0.3) is 0 Å². The van der Waals surface area contributed by atoms with Crippen LogP contribution in [0.15, 0.2) is 24.3 Å². The number of nitrogens with zero attached hydrogens (tertiary/aromatic N) is 1. The van der Waals surface area contributed by atoms with E-state index in [1.54, 1.807) is 24.3 Å². The number of carbonyl (C=O) groups excluding carboxylic acids is 1. The third-order valence-electron chi connectivity index (χ3n) is 4.69. The van der Waals surface area contributed by atoms with Gasteiger partial charge in [-0.2, -0.15) is 0 Å². The minimum atomic E-state index is -0.738. The van der Waals surface area contributed by atoms with Crippen LogP contribution < -0.4 is 5.73 Å². The van der Waals surface area contributed by atoms with Crippen LogP contribution in [-0.4, -0.2) is 34.0 Å². The summed E-state index contributed by atoms with van der Waals surface area (Å²) >= 11 is 0. The molecule has 5 nitrogen and oxygen atoms in total. The molecule has 2 unspecified atom stereocenters. The van der Waals surface area contributed by atoms with Crippen LogP contribution in [0, 0.1) is 5.92 Å². The normalized spacial score (nSPS) is 27.6. The maximum Gasteiger partial charge on any atom is 0.303 e. The van der Waals surface area contributed by atoms with E-state index in [-0.39, 0.29) is 30.3 Å². The number of fused-ring (bicyclic) bond motifs is 2. The number of aliphatic carboxylic acids is 1. The molecule has 3 rings (SSSR count). The monoisotopic (exact) mass is 288 g/mol. The first-order valence-electron chi connectivity index (χ1n) is 7.44. The van der Waals surface area contributed by atoms with Gasteiger partial charge in [-0.1, -0.05) is 0 Å². The molecule has 2 bridgehead atoms. The second-order valence-corrected chi connectivity index (χ2v) is 6.15. The van der Waals surface area contributed by atoms with Crippen molar-refractivity contribution in [1.29, 1.82) is 0 Å². The first-order chi connectivity index (χ1) is 10.0. The zero-order valence-corrected chi connectivity index (χ0v) is 11.9. The predicted molar refractivity (Wildman–Crippen MR) is 78.8 cm³/mol. The Labute approximate surface area is 123 Å². The van der Waals surface area contributed by atoms with Crippen LogP contribution in [0.1, 0.15) is 42.5 Å². The third-order valence-corrected chi connectivity index (χ3v) is 4.69. The van der Waals surface area contributed by atoms with Crippen molar-refractivity contribution >= 4 is 17.6 Å². The molecule has 2 saturated heterocycles. The van der Waals surface area contributed by atoms with Gasteiger partial charge in [-0.25, -0.2) is 0 Å².